The van der Waals surface area contributed by atoms with Gasteiger partial charge in [0, 0.05) is 23.0 Å². The first kappa shape index (κ1) is 14.8. The van der Waals surface area contributed by atoms with Crippen molar-refractivity contribution in [1.29, 1.82) is 0 Å². The molecule has 1 aromatic rings. The zero-order chi connectivity index (χ0) is 13.6. The van der Waals surface area contributed by atoms with Crippen molar-refractivity contribution in [2.75, 3.05) is 24.6 Å². The number of aliphatic imine (C=N–C) groups is 2. The Morgan fingerprint density at radius 2 is 1.45 bits per heavy atom. The van der Waals surface area contributed by atoms with Gasteiger partial charge in [0.15, 0.2) is 0 Å². The summed E-state index contributed by atoms with van der Waals surface area (Å²) in [5.74, 6) is 4.10. The summed E-state index contributed by atoms with van der Waals surface area (Å²) in [6.45, 7) is 1.94. The van der Waals surface area contributed by atoms with E-state index in [2.05, 4.69) is 28.2 Å². The predicted octanol–water partition coefficient (Wildman–Crippen LogP) is 3.75. The number of hydrogen-bond donors (Lipinski definition) is 0. The maximum Gasteiger partial charge on any atom is 0.125 e. The molecule has 0 aromatic carbocycles. The van der Waals surface area contributed by atoms with Gasteiger partial charge in [0.05, 0.1) is 24.5 Å². The molecule has 0 radical (unpaired) electrons. The lowest BCUT2D eigenvalue weighted by Gasteiger charge is -2.04. The van der Waals surface area contributed by atoms with E-state index in [-0.39, 0.29) is 0 Å². The molecule has 106 valence electrons. The minimum absolute atomic E-state index is 0.917. The van der Waals surface area contributed by atoms with Crippen LogP contribution in [0.4, 0.5) is 0 Å². The van der Waals surface area contributed by atoms with E-state index < -0.39 is 0 Å². The van der Waals surface area contributed by atoms with Crippen LogP contribution in [-0.4, -0.2) is 38.3 Å². The zero-order valence-electron chi connectivity index (χ0n) is 10.9. The molecule has 7 heteroatoms. The number of aromatic nitrogens is 1. The fourth-order valence-corrected chi connectivity index (χ4v) is 5.60. The molecule has 0 unspecified atom stereocenters. The van der Waals surface area contributed by atoms with Crippen molar-refractivity contribution >= 4 is 55.8 Å². The lowest BCUT2D eigenvalue weighted by Crippen LogP contribution is -1.95. The molecular weight excluding hydrogens is 326 g/mol. The van der Waals surface area contributed by atoms with Crippen molar-refractivity contribution < 1.29 is 0 Å². The fraction of sp³-hybridized carbons (Fsp3) is 0.462. The molecule has 0 spiro atoms. The van der Waals surface area contributed by atoms with Gasteiger partial charge in [-0.2, -0.15) is 0 Å². The van der Waals surface area contributed by atoms with Crippen molar-refractivity contribution in [3.05, 3.63) is 29.6 Å². The van der Waals surface area contributed by atoms with E-state index in [1.807, 2.05) is 23.5 Å². The molecule has 0 atom stereocenters. The summed E-state index contributed by atoms with van der Waals surface area (Å²) in [5.41, 5.74) is 2.29. The van der Waals surface area contributed by atoms with Gasteiger partial charge in [-0.05, 0) is 12.1 Å². The first-order chi connectivity index (χ1) is 9.90. The second-order valence-corrected chi connectivity index (χ2v) is 8.80. The van der Waals surface area contributed by atoms with Crippen LogP contribution in [0, 0.1) is 0 Å². The Kier molecular flexibility index (Phi) is 5.76. The smallest absolute Gasteiger partial charge is 0.125 e. The van der Waals surface area contributed by atoms with Gasteiger partial charge in [0.1, 0.15) is 8.75 Å². The van der Waals surface area contributed by atoms with Crippen molar-refractivity contribution in [1.82, 2.24) is 4.98 Å². The minimum Gasteiger partial charge on any atom is -0.271 e. The predicted molar refractivity (Wildman–Crippen MR) is 96.3 cm³/mol. The fourth-order valence-electron chi connectivity index (χ4n) is 1.77. The van der Waals surface area contributed by atoms with Gasteiger partial charge in [0.2, 0.25) is 0 Å². The van der Waals surface area contributed by atoms with Crippen molar-refractivity contribution in [3.8, 4) is 0 Å². The highest BCUT2D eigenvalue weighted by molar-refractivity contribution is 8.39. The van der Waals surface area contributed by atoms with E-state index >= 15 is 0 Å². The standard InChI is InChI=1S/C13H15N3S4/c1-2-10(8-19-12-14-4-6-17-12)16-11(3-1)9-20-13-15-5-7-18-13/h1-3H,4-9H2. The van der Waals surface area contributed by atoms with Gasteiger partial charge < -0.3 is 0 Å². The van der Waals surface area contributed by atoms with Gasteiger partial charge >= 0.3 is 0 Å². The van der Waals surface area contributed by atoms with Crippen LogP contribution in [0.25, 0.3) is 0 Å². The summed E-state index contributed by atoms with van der Waals surface area (Å²) in [5, 5.41) is 0. The normalized spacial score (nSPS) is 18.2. The second kappa shape index (κ2) is 7.77. The molecule has 1 aromatic heterocycles. The molecule has 2 aliphatic heterocycles. The third-order valence-corrected chi connectivity index (χ3v) is 7.24. The molecule has 3 rings (SSSR count). The molecule has 0 bridgehead atoms. The summed E-state index contributed by atoms with van der Waals surface area (Å²) >= 11 is 7.32. The van der Waals surface area contributed by atoms with E-state index in [1.165, 1.54) is 8.75 Å². The van der Waals surface area contributed by atoms with E-state index in [0.717, 1.165) is 47.5 Å². The Balaban J connectivity index is 1.52. The maximum atomic E-state index is 4.72. The van der Waals surface area contributed by atoms with Gasteiger partial charge in [-0.3, -0.25) is 15.0 Å². The molecule has 0 N–H and O–H groups in total. The quantitative estimate of drug-likeness (QED) is 0.834. The van der Waals surface area contributed by atoms with E-state index in [4.69, 9.17) is 4.98 Å². The van der Waals surface area contributed by atoms with Gasteiger partial charge in [-0.25, -0.2) is 0 Å². The third kappa shape index (κ3) is 4.44. The Bertz CT molecular complexity index is 487. The summed E-state index contributed by atoms with van der Waals surface area (Å²) in [4.78, 5) is 13.6. The largest absolute Gasteiger partial charge is 0.271 e. The molecular formula is C13H15N3S4. The van der Waals surface area contributed by atoms with Gasteiger partial charge in [0.25, 0.3) is 0 Å². The maximum absolute atomic E-state index is 4.72. The zero-order valence-corrected chi connectivity index (χ0v) is 14.2. The molecule has 0 saturated heterocycles. The Morgan fingerprint density at radius 3 is 1.90 bits per heavy atom. The van der Waals surface area contributed by atoms with Crippen molar-refractivity contribution in [3.63, 3.8) is 0 Å². The van der Waals surface area contributed by atoms with Crippen LogP contribution in [0.2, 0.25) is 0 Å². The number of thioether (sulfide) groups is 4. The van der Waals surface area contributed by atoms with Crippen LogP contribution < -0.4 is 0 Å². The van der Waals surface area contributed by atoms with Crippen molar-refractivity contribution in [2.24, 2.45) is 9.98 Å². The van der Waals surface area contributed by atoms with Crippen LogP contribution in [0.3, 0.4) is 0 Å². The van der Waals surface area contributed by atoms with Crippen LogP contribution in [0.5, 0.6) is 0 Å². The molecule has 2 aliphatic rings. The van der Waals surface area contributed by atoms with E-state index in [9.17, 15) is 0 Å². The van der Waals surface area contributed by atoms with E-state index in [1.54, 1.807) is 23.5 Å². The highest BCUT2D eigenvalue weighted by atomic mass is 32.2. The van der Waals surface area contributed by atoms with Crippen LogP contribution in [0.15, 0.2) is 28.2 Å². The summed E-state index contributed by atoms with van der Waals surface area (Å²) in [6, 6.07) is 6.30. The second-order valence-electron chi connectivity index (χ2n) is 4.19. The molecule has 3 nitrogen and oxygen atoms in total. The molecule has 0 aliphatic carbocycles. The molecule has 20 heavy (non-hydrogen) atoms. The monoisotopic (exact) mass is 341 g/mol. The number of hydrogen-bond acceptors (Lipinski definition) is 7. The van der Waals surface area contributed by atoms with Gasteiger partial charge in [-0.15, -0.1) is 0 Å². The van der Waals surface area contributed by atoms with Gasteiger partial charge in [-0.1, -0.05) is 53.1 Å². The average molecular weight is 342 g/mol. The number of rotatable bonds is 4. The van der Waals surface area contributed by atoms with Crippen LogP contribution >= 0.6 is 47.0 Å². The number of nitrogens with zero attached hydrogens (tertiary/aromatic N) is 3. The highest BCUT2D eigenvalue weighted by Gasteiger charge is 2.10. The van der Waals surface area contributed by atoms with Crippen molar-refractivity contribution in [2.45, 2.75) is 11.5 Å². The third-order valence-electron chi connectivity index (χ3n) is 2.67. The summed E-state index contributed by atoms with van der Waals surface area (Å²) in [6.07, 6.45) is 0. The summed E-state index contributed by atoms with van der Waals surface area (Å²) < 4.78 is 2.42. The van der Waals surface area contributed by atoms with Crippen LogP contribution in [0.1, 0.15) is 11.4 Å². The molecule has 0 fully saturated rings. The number of pyridine rings is 1. The highest BCUT2D eigenvalue weighted by Crippen LogP contribution is 2.26. The topological polar surface area (TPSA) is 37.6 Å². The Morgan fingerprint density at radius 1 is 0.900 bits per heavy atom. The first-order valence-corrected chi connectivity index (χ1v) is 10.4. The molecule has 3 heterocycles. The Labute approximate surface area is 136 Å². The SMILES string of the molecule is c1cc(CSC2=NCCS2)nc(CSC2=NCCS2)c1. The first-order valence-electron chi connectivity index (χ1n) is 6.45. The Hall–Kier alpha value is -0.110. The van der Waals surface area contributed by atoms with Crippen LogP contribution in [-0.2, 0) is 11.5 Å². The lowest BCUT2D eigenvalue weighted by atomic mass is 10.3. The van der Waals surface area contributed by atoms with E-state index in [0.29, 0.717) is 0 Å². The average Bonchev–Trinajstić information content (AvgIpc) is 3.17. The minimum atomic E-state index is 0.917. The lowest BCUT2D eigenvalue weighted by molar-refractivity contribution is 1.09. The molecule has 0 saturated carbocycles. The summed E-state index contributed by atoms with van der Waals surface area (Å²) in [7, 11) is 0. The molecule has 0 amide bonds.